The Kier molecular flexibility index (Phi) is 38.3. The third-order valence-electron chi connectivity index (χ3n) is 14.8. The molecule has 1 heterocycles. The smallest absolute Gasteiger partial charge is 0.249 e. The third kappa shape index (κ3) is 33.7. The second-order valence-corrected chi connectivity index (χ2v) is 25.1. The van der Waals surface area contributed by atoms with Crippen LogP contribution in [0.25, 0.3) is 10.8 Å². The molecule has 1 aliphatic rings. The van der Waals surface area contributed by atoms with Gasteiger partial charge < -0.3 is 111 Å². The first-order valence-corrected chi connectivity index (χ1v) is 35.2. The number of carbonyl (C=O) groups excluding carboxylic acids is 9. The molecule has 37 heteroatoms. The van der Waals surface area contributed by atoms with Crippen LogP contribution in [-0.4, -0.2) is 203 Å². The van der Waals surface area contributed by atoms with Gasteiger partial charge in [0.05, 0.1) is 31.9 Å². The van der Waals surface area contributed by atoms with Gasteiger partial charge in [0.2, 0.25) is 53.2 Å². The van der Waals surface area contributed by atoms with Crippen LogP contribution in [-0.2, 0) is 70.2 Å². The molecule has 35 nitrogen and oxygen atoms in total. The van der Waals surface area contributed by atoms with Crippen molar-refractivity contribution < 1.29 is 62.5 Å². The lowest BCUT2D eigenvalue weighted by molar-refractivity contribution is -0.135. The van der Waals surface area contributed by atoms with E-state index < -0.39 is 95.8 Å². The quantitative estimate of drug-likeness (QED) is 0.0114. The molecule has 0 radical (unpaired) electrons. The van der Waals surface area contributed by atoms with Gasteiger partial charge in [0, 0.05) is 62.6 Å². The Morgan fingerprint density at radius 3 is 1.35 bits per heavy atom. The minimum Gasteiger partial charge on any atom is -0.377 e. The van der Waals surface area contributed by atoms with Crippen molar-refractivity contribution in [3.05, 3.63) is 83.9 Å². The summed E-state index contributed by atoms with van der Waals surface area (Å²) in [5.74, 6) is -8.00. The first-order chi connectivity index (χ1) is 47.0. The molecule has 10 atom stereocenters. The summed E-state index contributed by atoms with van der Waals surface area (Å²) in [5, 5.41) is 83.3. The molecule has 0 bridgehead atoms. The number of amides is 9. The van der Waals surface area contributed by atoms with Crippen molar-refractivity contribution in [3.63, 3.8) is 0 Å². The lowest BCUT2D eigenvalue weighted by Gasteiger charge is -2.31. The Labute approximate surface area is 572 Å². The highest BCUT2D eigenvalue weighted by Crippen LogP contribution is 2.28. The number of hydrogen-bond donors (Lipinski definition) is 23. The molecule has 0 aliphatic carbocycles. The zero-order valence-electron chi connectivity index (χ0n) is 55.0. The Balaban J connectivity index is 1.76. The lowest BCUT2D eigenvalue weighted by atomic mass is 9.99. The first-order valence-electron chi connectivity index (χ1n) is 32.2. The maximum Gasteiger partial charge on any atom is 0.249 e. The van der Waals surface area contributed by atoms with Crippen LogP contribution in [0.15, 0.2) is 72.8 Å². The van der Waals surface area contributed by atoms with Crippen LogP contribution in [0.2, 0.25) is 0 Å². The second-order valence-electron chi connectivity index (χ2n) is 22.6. The highest BCUT2D eigenvalue weighted by molar-refractivity contribution is 8.10. The average molecular weight is 1410 g/mol. The van der Waals surface area contributed by atoms with Gasteiger partial charge in [0.1, 0.15) is 49.7 Å². The van der Waals surface area contributed by atoms with Gasteiger partial charge in [0.15, 0.2) is 23.8 Å². The van der Waals surface area contributed by atoms with Crippen LogP contribution in [0, 0.1) is 21.6 Å². The molecular weight excluding hydrogens is 1310 g/mol. The van der Waals surface area contributed by atoms with E-state index in [0.29, 0.717) is 17.7 Å². The predicted molar refractivity (Wildman–Crippen MR) is 372 cm³/mol. The number of ether oxygens (including phenoxy) is 3. The average Bonchev–Trinajstić information content (AvgIpc) is 0.927. The van der Waals surface area contributed by atoms with Crippen molar-refractivity contribution >= 4 is 105 Å². The zero-order chi connectivity index (χ0) is 71.6. The standard InChI is InChI=1S/C61H98N22O13P2/c1-2-94-35-49(85)82-97-98-83-50(86)36-96-31-30-95-29-28-70-48(84)23-22-45-55(91)80-46(33-37-12-4-3-5-13-37)57(93)81-47(34-38-20-21-39-14-6-7-15-40(39)32-38)56(92)78-44(19-11-27-74-61(68)69)53(89)76-42(17-9-25-72-59(64)65)51(87)75-41(16-8-24-71-58(62)63)52(88)77-43(54(90)79-45)18-10-26-73-60(66)67/h3-7,12-15,20-21,32,41-47,57,81,93,97-98H,2,8-11,16-19,22-31,33-36H2,1H3,(H,70,84)(H,75,87)(H,76,89)(H,77,88)(H,78,92)(H,79,90)(H,80,91)(H,82,85)(H,83,86)(H4,62,63,71)(H4,64,65,72)(H4,66,67,73)(H4,68,69,74)/t41-,42+,43+,44-,45-,46+,47-,57?/m0/s1. The number of carbonyl (C=O) groups is 9. The lowest BCUT2D eigenvalue weighted by Crippen LogP contribution is -2.61. The van der Waals surface area contributed by atoms with Crippen molar-refractivity contribution in [1.82, 2.24) is 74.0 Å². The van der Waals surface area contributed by atoms with Crippen molar-refractivity contribution in [2.24, 2.45) is 22.9 Å². The summed E-state index contributed by atoms with van der Waals surface area (Å²) in [6, 6.07) is 11.7. The topological polar surface area (TPSA) is 569 Å². The molecule has 3 unspecified atom stereocenters. The van der Waals surface area contributed by atoms with Gasteiger partial charge in [-0.05, 0) is 99.5 Å². The molecule has 0 saturated carbocycles. The molecule has 4 rings (SSSR count). The van der Waals surface area contributed by atoms with Crippen LogP contribution >= 0.6 is 16.8 Å². The predicted octanol–water partition coefficient (Wildman–Crippen LogP) is -3.82. The molecule has 98 heavy (non-hydrogen) atoms. The minimum atomic E-state index is -1.78. The number of nitrogens with one attached hydrogen (secondary N) is 18. The number of benzene rings is 3. The summed E-state index contributed by atoms with van der Waals surface area (Å²) >= 11 is 0. The highest BCUT2D eigenvalue weighted by Gasteiger charge is 2.36. The van der Waals surface area contributed by atoms with Crippen molar-refractivity contribution in [3.8, 4) is 0 Å². The normalized spacial score (nSPS) is 19.9. The Bertz CT molecular complexity index is 3110. The van der Waals surface area contributed by atoms with E-state index in [9.17, 15) is 38.7 Å². The molecule has 9 amide bonds. The summed E-state index contributed by atoms with van der Waals surface area (Å²) in [6.45, 7) is 2.18. The van der Waals surface area contributed by atoms with E-state index >= 15 is 9.59 Å². The van der Waals surface area contributed by atoms with E-state index in [-0.39, 0.29) is 189 Å². The van der Waals surface area contributed by atoms with E-state index in [1.165, 1.54) is 0 Å². The fourth-order valence-corrected chi connectivity index (χ4v) is 11.6. The maximum atomic E-state index is 15.1. The molecule has 1 saturated heterocycles. The molecular formula is C61H98N22O13P2. The van der Waals surface area contributed by atoms with E-state index in [1.54, 1.807) is 43.3 Å². The van der Waals surface area contributed by atoms with Crippen LogP contribution in [0.4, 0.5) is 0 Å². The maximum absolute atomic E-state index is 15.1. The second kappa shape index (κ2) is 46.2. The summed E-state index contributed by atoms with van der Waals surface area (Å²) in [5.41, 5.74) is 23.5. The largest absolute Gasteiger partial charge is 0.377 e. The molecule has 540 valence electrons. The van der Waals surface area contributed by atoms with Crippen LogP contribution in [0.3, 0.4) is 0 Å². The Morgan fingerprint density at radius 1 is 0.459 bits per heavy atom. The number of hydrogen-bond acceptors (Lipinski definition) is 18. The summed E-state index contributed by atoms with van der Waals surface area (Å²) in [6.07, 6.45) is -2.73. The van der Waals surface area contributed by atoms with Crippen LogP contribution in [0.5, 0.6) is 0 Å². The molecule has 3 aromatic carbocycles. The van der Waals surface area contributed by atoms with E-state index in [2.05, 4.69) is 74.0 Å². The van der Waals surface area contributed by atoms with E-state index in [1.807, 2.05) is 36.4 Å². The monoisotopic (exact) mass is 1410 g/mol. The molecule has 0 aromatic heterocycles. The Morgan fingerprint density at radius 2 is 0.878 bits per heavy atom. The number of nitrogens with two attached hydrogens (primary N) is 4. The fraction of sp³-hybridized carbons (Fsp3) is 0.525. The molecule has 3 aromatic rings. The van der Waals surface area contributed by atoms with Gasteiger partial charge in [-0.2, -0.15) is 0 Å². The van der Waals surface area contributed by atoms with Crippen LogP contribution in [0.1, 0.15) is 82.3 Å². The van der Waals surface area contributed by atoms with Crippen LogP contribution < -0.4 is 96.9 Å². The molecule has 0 spiro atoms. The highest BCUT2D eigenvalue weighted by atomic mass is 32.0. The van der Waals surface area contributed by atoms with Gasteiger partial charge >= 0.3 is 0 Å². The Hall–Kier alpha value is -9.11. The minimum absolute atomic E-state index is 0.00461. The number of rotatable bonds is 37. The van der Waals surface area contributed by atoms with Crippen molar-refractivity contribution in [2.45, 2.75) is 132 Å². The molecule has 1 fully saturated rings. The molecule has 1 aliphatic heterocycles. The van der Waals surface area contributed by atoms with E-state index in [4.69, 9.17) is 58.8 Å². The number of fused-ring (bicyclic) bond motifs is 1. The van der Waals surface area contributed by atoms with E-state index in [0.717, 1.165) is 10.8 Å². The van der Waals surface area contributed by atoms with Gasteiger partial charge in [-0.25, -0.2) is 0 Å². The SMILES string of the molecule is CCOCC(=O)NPPNC(=O)COCCOCCNC(=O)CC[C@@H]1NC(=O)[C@@H](CCCNC(=N)N)NC(=O)[C@H](CCCNC(=N)N)NC(=O)[C@@H](CCCNC(=N)N)NC(=O)[C@H](CCCNC(=N)N)NC(=O)[C@H](Cc2ccc3ccccc3c2)NC(O)[C@@H](Cc2ccccc2)NC1=O. The number of guanidine groups is 4. The molecule has 27 N–H and O–H groups in total. The fourth-order valence-electron chi connectivity index (χ4n) is 9.85. The van der Waals surface area contributed by atoms with Gasteiger partial charge in [-0.3, -0.25) is 70.1 Å². The number of aliphatic hydroxyl groups is 1. The third-order valence-corrected chi connectivity index (χ3v) is 16.8. The first kappa shape index (κ1) is 81.3. The summed E-state index contributed by atoms with van der Waals surface area (Å²) in [4.78, 5) is 127. The summed E-state index contributed by atoms with van der Waals surface area (Å²) < 4.78 is 16.0. The summed E-state index contributed by atoms with van der Waals surface area (Å²) in [7, 11) is -0.0955. The van der Waals surface area contributed by atoms with Gasteiger partial charge in [-0.1, -0.05) is 72.8 Å². The zero-order valence-corrected chi connectivity index (χ0v) is 57.0. The van der Waals surface area contributed by atoms with Gasteiger partial charge in [-0.15, -0.1) is 0 Å². The van der Waals surface area contributed by atoms with Crippen molar-refractivity contribution in [1.29, 1.82) is 21.6 Å². The number of aliphatic hydroxyl groups excluding tert-OH is 1. The van der Waals surface area contributed by atoms with Crippen molar-refractivity contribution in [2.75, 3.05) is 72.4 Å². The van der Waals surface area contributed by atoms with Gasteiger partial charge in [0.25, 0.3) is 0 Å².